The van der Waals surface area contributed by atoms with E-state index in [1.54, 1.807) is 11.9 Å². The van der Waals surface area contributed by atoms with Gasteiger partial charge in [0.25, 0.3) is 0 Å². The quantitative estimate of drug-likeness (QED) is 0.317. The van der Waals surface area contributed by atoms with Crippen molar-refractivity contribution < 1.29 is 5.41 Å². The molecule has 1 rings (SSSR count). The predicted molar refractivity (Wildman–Crippen MR) is 42.9 cm³/mol. The molecule has 0 saturated carbocycles. The van der Waals surface area contributed by atoms with Crippen molar-refractivity contribution in [3.05, 3.63) is 11.9 Å². The van der Waals surface area contributed by atoms with Gasteiger partial charge in [-0.05, 0) is 11.9 Å². The van der Waals surface area contributed by atoms with Crippen molar-refractivity contribution in [2.24, 2.45) is 11.2 Å². The highest BCUT2D eigenvalue weighted by Gasteiger charge is 2.26. The molecule has 0 fully saturated rings. The number of nitrogens with one attached hydrogen (secondary N) is 1. The summed E-state index contributed by atoms with van der Waals surface area (Å²) >= 11 is 0. The van der Waals surface area contributed by atoms with Crippen LogP contribution in [0.4, 0.5) is 0 Å². The van der Waals surface area contributed by atoms with E-state index in [4.69, 9.17) is 22.1 Å². The Bertz CT molecular complexity index is 210. The molecule has 0 aromatic heterocycles. The third-order valence-corrected chi connectivity index (χ3v) is 2.78. The first-order valence-electron chi connectivity index (χ1n) is 2.81. The second-order valence-corrected chi connectivity index (χ2v) is 3.83. The zero-order valence-electron chi connectivity index (χ0n) is 5.41. The normalized spacial score (nSPS) is 33.0. The van der Waals surface area contributed by atoms with E-state index in [1.165, 1.54) is 0 Å². The molecule has 4 nitrogen and oxygen atoms in total. The van der Waals surface area contributed by atoms with E-state index < -0.39 is 8.07 Å². The molecule has 5 heteroatoms. The molecule has 0 bridgehead atoms. The zero-order valence-corrected chi connectivity index (χ0v) is 6.31. The van der Waals surface area contributed by atoms with Crippen molar-refractivity contribution in [2.45, 2.75) is 5.78 Å². The standard InChI is InChI=1S/C5H9N4P/c6-3-1-2-10(9)5(8)4(3)7/h1-2,5-7H,8-9H2/p+1. The first-order valence-corrected chi connectivity index (χ1v) is 4.36. The Morgan fingerprint density at radius 2 is 2.30 bits per heavy atom. The molecule has 0 spiro atoms. The third-order valence-electron chi connectivity index (χ3n) is 1.36. The monoisotopic (exact) mass is 157 g/mol. The van der Waals surface area contributed by atoms with Gasteiger partial charge in [-0.1, -0.05) is 0 Å². The van der Waals surface area contributed by atoms with Gasteiger partial charge in [-0.3, -0.25) is 10.8 Å². The van der Waals surface area contributed by atoms with Gasteiger partial charge in [-0.15, -0.1) is 0 Å². The van der Waals surface area contributed by atoms with E-state index in [1.807, 2.05) is 0 Å². The lowest BCUT2D eigenvalue weighted by Crippen LogP contribution is -2.55. The summed E-state index contributed by atoms with van der Waals surface area (Å²) in [6.07, 6.45) is 1.60. The Labute approximate surface area is 60.1 Å². The van der Waals surface area contributed by atoms with E-state index in [0.717, 1.165) is 0 Å². The van der Waals surface area contributed by atoms with Gasteiger partial charge in [0.05, 0.1) is 0 Å². The largest absolute Gasteiger partial charge is 0.314 e. The SMILES string of the molecule is N=C1C=CP(N)C(N)C1=[NH2+]. The van der Waals surface area contributed by atoms with Crippen molar-refractivity contribution in [3.63, 3.8) is 0 Å². The van der Waals surface area contributed by atoms with Crippen molar-refractivity contribution >= 4 is 19.5 Å². The van der Waals surface area contributed by atoms with Crippen LogP contribution in [-0.4, -0.2) is 17.2 Å². The fourth-order valence-electron chi connectivity index (χ4n) is 0.669. The molecule has 0 radical (unpaired) electrons. The van der Waals surface area contributed by atoms with Crippen LogP contribution in [0.15, 0.2) is 11.9 Å². The van der Waals surface area contributed by atoms with Crippen LogP contribution in [0.5, 0.6) is 0 Å². The summed E-state index contributed by atoms with van der Waals surface area (Å²) in [5.41, 5.74) is 11.8. The van der Waals surface area contributed by atoms with E-state index in [9.17, 15) is 0 Å². The number of rotatable bonds is 0. The fourth-order valence-corrected chi connectivity index (χ4v) is 1.64. The van der Waals surface area contributed by atoms with Crippen LogP contribution in [-0.2, 0) is 0 Å². The highest BCUT2D eigenvalue weighted by Crippen LogP contribution is 2.33. The maximum Gasteiger partial charge on any atom is 0.220 e. The number of hydrogen-bond donors (Lipinski definition) is 4. The Kier molecular flexibility index (Phi) is 1.94. The Morgan fingerprint density at radius 1 is 1.70 bits per heavy atom. The third kappa shape index (κ3) is 1.14. The Hall–Kier alpha value is -0.570. The molecule has 0 aromatic carbocycles. The van der Waals surface area contributed by atoms with Crippen molar-refractivity contribution in [1.29, 1.82) is 5.41 Å². The van der Waals surface area contributed by atoms with Crippen LogP contribution in [0.2, 0.25) is 0 Å². The number of nitrogens with two attached hydrogens (primary N) is 3. The van der Waals surface area contributed by atoms with E-state index in [-0.39, 0.29) is 11.5 Å². The molecule has 10 heavy (non-hydrogen) atoms. The first-order chi connectivity index (χ1) is 4.63. The van der Waals surface area contributed by atoms with Gasteiger partial charge < -0.3 is 11.2 Å². The minimum absolute atomic E-state index is 0.289. The second-order valence-electron chi connectivity index (χ2n) is 2.08. The van der Waals surface area contributed by atoms with Crippen LogP contribution < -0.4 is 16.6 Å². The first kappa shape index (κ1) is 7.54. The summed E-state index contributed by atoms with van der Waals surface area (Å²) in [5, 5.41) is 12.7. The average molecular weight is 157 g/mol. The highest BCUT2D eigenvalue weighted by molar-refractivity contribution is 7.60. The fraction of sp³-hybridized carbons (Fsp3) is 0.200. The molecule has 0 aromatic rings. The number of hydrogen-bond acceptors (Lipinski definition) is 3. The minimum Gasteiger partial charge on any atom is -0.314 e. The summed E-state index contributed by atoms with van der Waals surface area (Å²) in [5.74, 6) is 1.42. The van der Waals surface area contributed by atoms with Gasteiger partial charge in [0, 0.05) is 8.07 Å². The van der Waals surface area contributed by atoms with Gasteiger partial charge in [-0.25, -0.2) is 0 Å². The summed E-state index contributed by atoms with van der Waals surface area (Å²) < 4.78 is 0. The predicted octanol–water partition coefficient (Wildman–Crippen LogP) is -1.63. The van der Waals surface area contributed by atoms with Gasteiger partial charge in [0.1, 0.15) is 11.5 Å². The average Bonchev–Trinajstić information content (AvgIpc) is 1.93. The topological polar surface area (TPSA) is 101 Å². The van der Waals surface area contributed by atoms with E-state index >= 15 is 0 Å². The molecular formula is C5H10N4P+. The Balaban J connectivity index is 2.89. The van der Waals surface area contributed by atoms with Crippen LogP contribution >= 0.6 is 8.07 Å². The zero-order chi connectivity index (χ0) is 7.72. The summed E-state index contributed by atoms with van der Waals surface area (Å²) in [7, 11) is -0.824. The lowest BCUT2D eigenvalue weighted by Gasteiger charge is -2.17. The molecule has 0 aliphatic carbocycles. The molecule has 2 atom stereocenters. The van der Waals surface area contributed by atoms with Crippen LogP contribution in [0.25, 0.3) is 0 Å². The lowest BCUT2D eigenvalue weighted by molar-refractivity contribution is -0.112. The molecule has 2 unspecified atom stereocenters. The van der Waals surface area contributed by atoms with Crippen LogP contribution in [0.3, 0.4) is 0 Å². The molecule has 1 aliphatic heterocycles. The van der Waals surface area contributed by atoms with Crippen LogP contribution in [0, 0.1) is 5.41 Å². The van der Waals surface area contributed by atoms with Crippen molar-refractivity contribution in [3.8, 4) is 0 Å². The highest BCUT2D eigenvalue weighted by atomic mass is 31.1. The molecule has 7 N–H and O–H groups in total. The molecule has 54 valence electrons. The van der Waals surface area contributed by atoms with Gasteiger partial charge in [0.15, 0.2) is 0 Å². The molecule has 0 amide bonds. The Morgan fingerprint density at radius 3 is 2.80 bits per heavy atom. The van der Waals surface area contributed by atoms with Crippen molar-refractivity contribution in [2.75, 3.05) is 0 Å². The smallest absolute Gasteiger partial charge is 0.220 e. The number of allylic oxidation sites excluding steroid dienone is 1. The molecule has 1 aliphatic rings. The van der Waals surface area contributed by atoms with E-state index in [0.29, 0.717) is 5.71 Å². The van der Waals surface area contributed by atoms with Gasteiger partial charge in [0.2, 0.25) is 5.71 Å². The maximum absolute atomic E-state index is 7.24. The maximum atomic E-state index is 7.24. The van der Waals surface area contributed by atoms with Gasteiger partial charge >= 0.3 is 0 Å². The summed E-state index contributed by atoms with van der Waals surface area (Å²) in [6.45, 7) is 0. The molecule has 1 heterocycles. The van der Waals surface area contributed by atoms with E-state index in [2.05, 4.69) is 0 Å². The summed E-state index contributed by atoms with van der Waals surface area (Å²) in [6, 6.07) is 0. The minimum atomic E-state index is -0.824. The van der Waals surface area contributed by atoms with Gasteiger partial charge in [-0.2, -0.15) is 0 Å². The van der Waals surface area contributed by atoms with Crippen LogP contribution in [0.1, 0.15) is 0 Å². The van der Waals surface area contributed by atoms with Crippen molar-refractivity contribution in [1.82, 2.24) is 0 Å². The lowest BCUT2D eigenvalue weighted by atomic mass is 10.2. The molecular weight excluding hydrogens is 147 g/mol. The summed E-state index contributed by atoms with van der Waals surface area (Å²) in [4.78, 5) is 0. The molecule has 0 saturated heterocycles. The second kappa shape index (κ2) is 2.58.